The maximum Gasteiger partial charge on any atom is 0.269 e. The molecule has 0 N–H and O–H groups in total. The van der Waals surface area contributed by atoms with Gasteiger partial charge in [0, 0.05) is 36.7 Å². The highest BCUT2D eigenvalue weighted by Gasteiger charge is 2.33. The van der Waals surface area contributed by atoms with Gasteiger partial charge in [0.05, 0.1) is 9.82 Å². The summed E-state index contributed by atoms with van der Waals surface area (Å²) >= 11 is 0. The van der Waals surface area contributed by atoms with Crippen LogP contribution in [0.25, 0.3) is 5.57 Å². The first-order valence-corrected chi connectivity index (χ1v) is 11.5. The minimum absolute atomic E-state index is 0.0130. The molecule has 2 aromatic rings. The number of sulfonamides is 1. The minimum atomic E-state index is -4.04. The van der Waals surface area contributed by atoms with Crippen LogP contribution < -0.4 is 0 Å². The molecule has 1 aliphatic heterocycles. The summed E-state index contributed by atoms with van der Waals surface area (Å²) in [5, 5.41) is 10.9. The second-order valence-electron chi connectivity index (χ2n) is 7.65. The monoisotopic (exact) mass is 458 g/mol. The van der Waals surface area contributed by atoms with Crippen molar-refractivity contribution in [2.75, 3.05) is 13.1 Å². The van der Waals surface area contributed by atoms with Crippen LogP contribution in [0.2, 0.25) is 0 Å². The highest BCUT2D eigenvalue weighted by Crippen LogP contribution is 2.34. The van der Waals surface area contributed by atoms with Gasteiger partial charge >= 0.3 is 0 Å². The molecule has 0 aromatic heterocycles. The number of non-ortho nitro benzene ring substituents is 1. The van der Waals surface area contributed by atoms with E-state index in [4.69, 9.17) is 0 Å². The van der Waals surface area contributed by atoms with Gasteiger partial charge in [-0.1, -0.05) is 24.3 Å². The molecule has 9 heteroatoms. The Morgan fingerprint density at radius 3 is 2.47 bits per heavy atom. The van der Waals surface area contributed by atoms with E-state index in [2.05, 4.69) is 0 Å². The van der Waals surface area contributed by atoms with Gasteiger partial charge in [-0.05, 0) is 54.3 Å². The van der Waals surface area contributed by atoms with Crippen molar-refractivity contribution in [1.29, 1.82) is 0 Å². The van der Waals surface area contributed by atoms with Crippen LogP contribution in [0.4, 0.5) is 14.5 Å². The van der Waals surface area contributed by atoms with Gasteiger partial charge in [-0.25, -0.2) is 17.2 Å². The Morgan fingerprint density at radius 2 is 1.81 bits per heavy atom. The Balaban J connectivity index is 1.75. The fraction of sp³-hybridized carbons (Fsp3) is 0.217. The van der Waals surface area contributed by atoms with Crippen molar-refractivity contribution < 1.29 is 22.1 Å². The van der Waals surface area contributed by atoms with E-state index in [9.17, 15) is 27.3 Å². The molecule has 2 aliphatic rings. The van der Waals surface area contributed by atoms with E-state index in [1.807, 2.05) is 18.2 Å². The number of nitro benzene ring substituents is 1. The van der Waals surface area contributed by atoms with Gasteiger partial charge in [0.2, 0.25) is 10.0 Å². The maximum atomic E-state index is 14.5. The molecule has 4 rings (SSSR count). The quantitative estimate of drug-likeness (QED) is 0.474. The zero-order valence-corrected chi connectivity index (χ0v) is 17.8. The van der Waals surface area contributed by atoms with Crippen molar-refractivity contribution >= 4 is 21.3 Å². The maximum absolute atomic E-state index is 14.5. The fourth-order valence-electron chi connectivity index (χ4n) is 3.92. The van der Waals surface area contributed by atoms with Crippen LogP contribution in [-0.2, 0) is 10.0 Å². The lowest BCUT2D eigenvalue weighted by Gasteiger charge is -2.33. The predicted octanol–water partition coefficient (Wildman–Crippen LogP) is 4.85. The smallest absolute Gasteiger partial charge is 0.258 e. The Bertz CT molecular complexity index is 1250. The van der Waals surface area contributed by atoms with E-state index in [1.165, 1.54) is 16.4 Å². The van der Waals surface area contributed by atoms with Gasteiger partial charge in [0.25, 0.3) is 5.69 Å². The SMILES string of the molecule is O=[N+]([O-])c1ccc(S(=O)(=O)N2CC(c3cc(F)ccc3F)=CC(C3=CCCC=C3)C2)cc1. The van der Waals surface area contributed by atoms with Crippen molar-refractivity contribution in [3.8, 4) is 0 Å². The fourth-order valence-corrected chi connectivity index (χ4v) is 5.37. The Morgan fingerprint density at radius 1 is 1.06 bits per heavy atom. The average Bonchev–Trinajstić information content (AvgIpc) is 2.81. The van der Waals surface area contributed by atoms with E-state index in [-0.39, 0.29) is 35.2 Å². The zero-order valence-electron chi connectivity index (χ0n) is 16.9. The third-order valence-electron chi connectivity index (χ3n) is 5.56. The third kappa shape index (κ3) is 4.39. The van der Waals surface area contributed by atoms with E-state index in [0.29, 0.717) is 5.57 Å². The molecule has 0 amide bonds. The second kappa shape index (κ2) is 8.76. The van der Waals surface area contributed by atoms with Gasteiger partial charge in [-0.2, -0.15) is 4.31 Å². The van der Waals surface area contributed by atoms with Gasteiger partial charge in [-0.3, -0.25) is 10.1 Å². The summed E-state index contributed by atoms with van der Waals surface area (Å²) in [7, 11) is -4.04. The molecule has 1 unspecified atom stereocenters. The van der Waals surface area contributed by atoms with Crippen molar-refractivity contribution in [3.63, 3.8) is 0 Å². The molecular weight excluding hydrogens is 438 g/mol. The van der Waals surface area contributed by atoms with Crippen LogP contribution in [-0.4, -0.2) is 30.7 Å². The Labute approximate surface area is 184 Å². The van der Waals surface area contributed by atoms with Crippen LogP contribution in [0.3, 0.4) is 0 Å². The van der Waals surface area contributed by atoms with Crippen molar-refractivity contribution in [2.45, 2.75) is 17.7 Å². The van der Waals surface area contributed by atoms with Crippen LogP contribution in [0.15, 0.2) is 77.2 Å². The molecule has 0 spiro atoms. The molecule has 0 bridgehead atoms. The standard InChI is InChI=1S/C23H20F2N2O4S/c24-19-6-11-23(25)22(13-19)18-12-17(16-4-2-1-3-5-16)14-26(15-18)32(30,31)21-9-7-20(8-10-21)27(28)29/h2,4-13,17H,1,3,14-15H2. The van der Waals surface area contributed by atoms with Gasteiger partial charge in [0.15, 0.2) is 0 Å². The molecule has 0 fully saturated rings. The zero-order chi connectivity index (χ0) is 22.9. The van der Waals surface area contributed by atoms with Crippen LogP contribution >= 0.6 is 0 Å². The number of nitro groups is 1. The molecule has 1 aliphatic carbocycles. The molecule has 1 atom stereocenters. The van der Waals surface area contributed by atoms with Gasteiger partial charge < -0.3 is 0 Å². The van der Waals surface area contributed by atoms with Crippen LogP contribution in [0.1, 0.15) is 18.4 Å². The number of rotatable bonds is 5. The number of nitrogens with zero attached hydrogens (tertiary/aromatic N) is 2. The number of benzene rings is 2. The summed E-state index contributed by atoms with van der Waals surface area (Å²) in [5.41, 5.74) is 1.07. The highest BCUT2D eigenvalue weighted by molar-refractivity contribution is 7.89. The number of hydrogen-bond donors (Lipinski definition) is 0. The highest BCUT2D eigenvalue weighted by atomic mass is 32.2. The summed E-state index contributed by atoms with van der Waals surface area (Å²) in [6, 6.07) is 7.71. The summed E-state index contributed by atoms with van der Waals surface area (Å²) in [6.45, 7) is -0.0247. The van der Waals surface area contributed by atoms with Crippen molar-refractivity contribution in [3.05, 3.63) is 99.7 Å². The normalized spacial score (nSPS) is 19.4. The molecule has 32 heavy (non-hydrogen) atoms. The molecule has 6 nitrogen and oxygen atoms in total. The lowest BCUT2D eigenvalue weighted by molar-refractivity contribution is -0.384. The molecule has 0 saturated carbocycles. The van der Waals surface area contributed by atoms with E-state index in [0.717, 1.165) is 48.7 Å². The minimum Gasteiger partial charge on any atom is -0.258 e. The third-order valence-corrected chi connectivity index (χ3v) is 7.39. The first kappa shape index (κ1) is 22.0. The molecule has 0 saturated heterocycles. The second-order valence-corrected chi connectivity index (χ2v) is 9.59. The number of allylic oxidation sites excluding steroid dienone is 3. The van der Waals surface area contributed by atoms with Crippen LogP contribution in [0, 0.1) is 27.7 Å². The van der Waals surface area contributed by atoms with Crippen LogP contribution in [0.5, 0.6) is 0 Å². The van der Waals surface area contributed by atoms with E-state index < -0.39 is 26.6 Å². The van der Waals surface area contributed by atoms with E-state index in [1.54, 1.807) is 6.08 Å². The van der Waals surface area contributed by atoms with Gasteiger partial charge in [-0.15, -0.1) is 0 Å². The molecule has 0 radical (unpaired) electrons. The topological polar surface area (TPSA) is 80.5 Å². The molecule has 2 aromatic carbocycles. The first-order valence-electron chi connectivity index (χ1n) is 10.0. The predicted molar refractivity (Wildman–Crippen MR) is 116 cm³/mol. The Kier molecular flexibility index (Phi) is 6.03. The summed E-state index contributed by atoms with van der Waals surface area (Å²) in [5.74, 6) is -1.60. The lowest BCUT2D eigenvalue weighted by atomic mass is 9.88. The molecule has 166 valence electrons. The molecular formula is C23H20F2N2O4S. The summed E-state index contributed by atoms with van der Waals surface area (Å²) in [6.07, 6.45) is 9.43. The summed E-state index contributed by atoms with van der Waals surface area (Å²) in [4.78, 5) is 10.2. The van der Waals surface area contributed by atoms with Gasteiger partial charge in [0.1, 0.15) is 11.6 Å². The molecule has 1 heterocycles. The lowest BCUT2D eigenvalue weighted by Crippen LogP contribution is -2.39. The largest absolute Gasteiger partial charge is 0.269 e. The Hall–Kier alpha value is -3.17. The number of hydrogen-bond acceptors (Lipinski definition) is 4. The van der Waals surface area contributed by atoms with Crippen molar-refractivity contribution in [1.82, 2.24) is 4.31 Å². The first-order chi connectivity index (χ1) is 15.3. The summed E-state index contributed by atoms with van der Waals surface area (Å²) < 4.78 is 56.3. The average molecular weight is 458 g/mol. The van der Waals surface area contributed by atoms with E-state index >= 15 is 0 Å². The number of halogens is 2. The van der Waals surface area contributed by atoms with Crippen molar-refractivity contribution in [2.24, 2.45) is 5.92 Å².